The van der Waals surface area contributed by atoms with E-state index in [-0.39, 0.29) is 23.8 Å². The summed E-state index contributed by atoms with van der Waals surface area (Å²) in [6.07, 6.45) is 0.0414. The van der Waals surface area contributed by atoms with Gasteiger partial charge in [0.15, 0.2) is 0 Å². The number of carboxylic acid groups (broad SMARTS) is 1. The van der Waals surface area contributed by atoms with Crippen LogP contribution < -0.4 is 10.0 Å². The molecule has 23 heavy (non-hydrogen) atoms. The highest BCUT2D eigenvalue weighted by Gasteiger charge is 2.40. The number of nitrogens with zero attached hydrogens (tertiary/aromatic N) is 1. The summed E-state index contributed by atoms with van der Waals surface area (Å²) < 4.78 is 0. The number of thioether (sulfide) groups is 1. The summed E-state index contributed by atoms with van der Waals surface area (Å²) in [4.78, 5) is 37.4. The molecule has 1 atom stereocenters. The lowest BCUT2D eigenvalue weighted by molar-refractivity contribution is -0.255. The molecule has 2 amide bonds. The van der Waals surface area contributed by atoms with Crippen LogP contribution in [0.25, 0.3) is 0 Å². The topological polar surface area (TPSA) is 77.5 Å². The van der Waals surface area contributed by atoms with Gasteiger partial charge in [-0.15, -0.1) is 11.8 Å². The van der Waals surface area contributed by atoms with Crippen molar-refractivity contribution in [1.29, 1.82) is 0 Å². The summed E-state index contributed by atoms with van der Waals surface area (Å²) >= 11 is 1.08. The molecular formula is C17H12NO4S-. The zero-order valence-electron chi connectivity index (χ0n) is 12.0. The Balaban J connectivity index is 1.85. The number of carbonyl (C=O) groups is 3. The molecule has 0 spiro atoms. The maximum absolute atomic E-state index is 12.5. The van der Waals surface area contributed by atoms with Gasteiger partial charge in [0.25, 0.3) is 0 Å². The third-order valence-electron chi connectivity index (χ3n) is 3.50. The van der Waals surface area contributed by atoms with Crippen LogP contribution in [0.15, 0.2) is 59.5 Å². The number of carbonyl (C=O) groups excluding carboxylic acids is 3. The van der Waals surface area contributed by atoms with Crippen LogP contribution in [0.3, 0.4) is 0 Å². The number of hydrogen-bond acceptors (Lipinski definition) is 5. The van der Waals surface area contributed by atoms with Crippen LogP contribution in [0.4, 0.5) is 5.69 Å². The lowest BCUT2D eigenvalue weighted by atomic mass is 10.2. The van der Waals surface area contributed by atoms with Crippen molar-refractivity contribution in [3.63, 3.8) is 0 Å². The molecule has 1 fully saturated rings. The fraction of sp³-hybridized carbons (Fsp3) is 0.118. The van der Waals surface area contributed by atoms with Gasteiger partial charge in [-0.2, -0.15) is 0 Å². The Bertz CT molecular complexity index is 775. The van der Waals surface area contributed by atoms with E-state index < -0.39 is 11.2 Å². The van der Waals surface area contributed by atoms with Crippen LogP contribution in [-0.4, -0.2) is 23.0 Å². The van der Waals surface area contributed by atoms with Crippen molar-refractivity contribution >= 4 is 35.2 Å². The van der Waals surface area contributed by atoms with Gasteiger partial charge in [0.1, 0.15) is 0 Å². The molecule has 1 heterocycles. The van der Waals surface area contributed by atoms with Gasteiger partial charge in [0.2, 0.25) is 11.8 Å². The number of amides is 2. The second kappa shape index (κ2) is 6.26. The Morgan fingerprint density at radius 3 is 2.39 bits per heavy atom. The molecule has 2 aromatic rings. The molecule has 2 aromatic carbocycles. The number of benzene rings is 2. The van der Waals surface area contributed by atoms with Gasteiger partial charge in [-0.05, 0) is 18.2 Å². The Labute approximate surface area is 136 Å². The highest BCUT2D eigenvalue weighted by Crippen LogP contribution is 2.35. The van der Waals surface area contributed by atoms with Gasteiger partial charge < -0.3 is 9.90 Å². The van der Waals surface area contributed by atoms with Crippen molar-refractivity contribution in [2.24, 2.45) is 0 Å². The zero-order valence-corrected chi connectivity index (χ0v) is 12.8. The van der Waals surface area contributed by atoms with Crippen LogP contribution in [0.5, 0.6) is 0 Å². The minimum Gasteiger partial charge on any atom is -0.545 e. The third kappa shape index (κ3) is 2.98. The van der Waals surface area contributed by atoms with Crippen molar-refractivity contribution in [2.75, 3.05) is 4.90 Å². The lowest BCUT2D eigenvalue weighted by Gasteiger charge is -2.15. The number of imide groups is 1. The Hall–Kier alpha value is -2.60. The molecule has 0 aromatic heterocycles. The van der Waals surface area contributed by atoms with Crippen LogP contribution in [0.1, 0.15) is 16.8 Å². The van der Waals surface area contributed by atoms with Crippen molar-refractivity contribution in [3.05, 3.63) is 60.2 Å². The number of para-hydroxylation sites is 1. The van der Waals surface area contributed by atoms with E-state index in [0.717, 1.165) is 16.7 Å². The number of carboxylic acids is 1. The molecular weight excluding hydrogens is 314 g/mol. The second-order valence-electron chi connectivity index (χ2n) is 5.00. The molecule has 1 aliphatic heterocycles. The fourth-order valence-corrected chi connectivity index (χ4v) is 3.61. The highest BCUT2D eigenvalue weighted by atomic mass is 32.2. The SMILES string of the molecule is O=C([O-])c1ccccc1SC1CC(=O)N(c2ccccc2)C1=O. The largest absolute Gasteiger partial charge is 0.545 e. The first kappa shape index (κ1) is 15.3. The van der Waals surface area contributed by atoms with E-state index in [0.29, 0.717) is 10.6 Å². The highest BCUT2D eigenvalue weighted by molar-refractivity contribution is 8.00. The van der Waals surface area contributed by atoms with Crippen molar-refractivity contribution < 1.29 is 19.5 Å². The molecule has 0 bridgehead atoms. The van der Waals surface area contributed by atoms with Crippen molar-refractivity contribution in [1.82, 2.24) is 0 Å². The van der Waals surface area contributed by atoms with Gasteiger partial charge >= 0.3 is 0 Å². The molecule has 0 N–H and O–H groups in total. The predicted molar refractivity (Wildman–Crippen MR) is 84.0 cm³/mol. The van der Waals surface area contributed by atoms with E-state index in [9.17, 15) is 19.5 Å². The van der Waals surface area contributed by atoms with Gasteiger partial charge in [0.05, 0.1) is 16.9 Å². The lowest BCUT2D eigenvalue weighted by Crippen LogP contribution is -2.31. The summed E-state index contributed by atoms with van der Waals surface area (Å²) in [6.45, 7) is 0. The summed E-state index contributed by atoms with van der Waals surface area (Å²) in [5, 5.41) is 10.5. The molecule has 3 rings (SSSR count). The fourth-order valence-electron chi connectivity index (χ4n) is 2.44. The molecule has 1 aliphatic rings. The van der Waals surface area contributed by atoms with E-state index in [2.05, 4.69) is 0 Å². The average molecular weight is 326 g/mol. The average Bonchev–Trinajstić information content (AvgIpc) is 2.82. The Kier molecular flexibility index (Phi) is 4.16. The molecule has 0 radical (unpaired) electrons. The molecule has 1 unspecified atom stereocenters. The smallest absolute Gasteiger partial charge is 0.247 e. The standard InChI is InChI=1S/C17H13NO4S/c19-15-10-14(16(20)18(15)11-6-2-1-3-7-11)23-13-9-5-4-8-12(13)17(21)22/h1-9,14H,10H2,(H,21,22)/p-1. The first-order chi connectivity index (χ1) is 11.1. The number of rotatable bonds is 4. The summed E-state index contributed by atoms with van der Waals surface area (Å²) in [7, 11) is 0. The maximum atomic E-state index is 12.5. The number of hydrogen-bond donors (Lipinski definition) is 0. The molecule has 6 heteroatoms. The minimum absolute atomic E-state index is 0.0240. The Morgan fingerprint density at radius 1 is 1.04 bits per heavy atom. The van der Waals surface area contributed by atoms with Gasteiger partial charge in [-0.25, -0.2) is 4.90 Å². The van der Waals surface area contributed by atoms with E-state index in [1.54, 1.807) is 48.5 Å². The minimum atomic E-state index is -1.30. The van der Waals surface area contributed by atoms with E-state index in [1.807, 2.05) is 0 Å². The molecule has 1 saturated heterocycles. The van der Waals surface area contributed by atoms with Crippen LogP contribution in [0, 0.1) is 0 Å². The number of anilines is 1. The quantitative estimate of drug-likeness (QED) is 0.795. The van der Waals surface area contributed by atoms with Gasteiger partial charge in [-0.1, -0.05) is 36.4 Å². The number of aromatic carboxylic acids is 1. The molecule has 116 valence electrons. The first-order valence-corrected chi connectivity index (χ1v) is 7.85. The first-order valence-electron chi connectivity index (χ1n) is 6.97. The van der Waals surface area contributed by atoms with E-state index >= 15 is 0 Å². The van der Waals surface area contributed by atoms with Gasteiger partial charge in [0, 0.05) is 16.9 Å². The zero-order chi connectivity index (χ0) is 16.4. The predicted octanol–water partition coefficient (Wildman–Crippen LogP) is 1.47. The monoisotopic (exact) mass is 326 g/mol. The van der Waals surface area contributed by atoms with Crippen LogP contribution in [0.2, 0.25) is 0 Å². The molecule has 0 aliphatic carbocycles. The van der Waals surface area contributed by atoms with E-state index in [4.69, 9.17) is 0 Å². The second-order valence-corrected chi connectivity index (χ2v) is 6.24. The third-order valence-corrected chi connectivity index (χ3v) is 4.76. The summed E-state index contributed by atoms with van der Waals surface area (Å²) in [6, 6.07) is 15.0. The van der Waals surface area contributed by atoms with Crippen molar-refractivity contribution in [3.8, 4) is 0 Å². The van der Waals surface area contributed by atoms with Gasteiger partial charge in [-0.3, -0.25) is 9.59 Å². The van der Waals surface area contributed by atoms with Crippen LogP contribution in [-0.2, 0) is 9.59 Å². The van der Waals surface area contributed by atoms with E-state index in [1.165, 1.54) is 6.07 Å². The summed E-state index contributed by atoms with van der Waals surface area (Å²) in [5.41, 5.74) is 0.551. The normalized spacial score (nSPS) is 17.6. The van der Waals surface area contributed by atoms with Crippen molar-refractivity contribution in [2.45, 2.75) is 16.6 Å². The Morgan fingerprint density at radius 2 is 1.70 bits per heavy atom. The molecule has 5 nitrogen and oxygen atoms in total. The van der Waals surface area contributed by atoms with Crippen LogP contribution >= 0.6 is 11.8 Å². The maximum Gasteiger partial charge on any atom is 0.247 e. The molecule has 0 saturated carbocycles. The summed E-state index contributed by atoms with van der Waals surface area (Å²) in [5.74, 6) is -1.92.